The monoisotopic (exact) mass is 215 g/mol. The van der Waals surface area contributed by atoms with Crippen molar-refractivity contribution in [3.8, 4) is 11.4 Å². The van der Waals surface area contributed by atoms with Gasteiger partial charge in [-0.2, -0.15) is 0 Å². The van der Waals surface area contributed by atoms with Crippen LogP contribution in [0.15, 0.2) is 18.5 Å². The van der Waals surface area contributed by atoms with E-state index in [1.807, 2.05) is 19.3 Å². The first-order valence-electron chi connectivity index (χ1n) is 5.39. The van der Waals surface area contributed by atoms with Gasteiger partial charge in [0.25, 0.3) is 0 Å². The molecule has 0 amide bonds. The molecule has 0 aliphatic carbocycles. The first-order chi connectivity index (χ1) is 7.84. The second kappa shape index (κ2) is 3.68. The highest BCUT2D eigenvalue weighted by molar-refractivity contribution is 5.54. The lowest BCUT2D eigenvalue weighted by molar-refractivity contribution is 0.508. The van der Waals surface area contributed by atoms with Crippen molar-refractivity contribution in [3.63, 3.8) is 0 Å². The zero-order valence-corrected chi connectivity index (χ0v) is 9.14. The Labute approximate surface area is 93.5 Å². The fraction of sp³-hybridized carbons (Fsp3) is 0.364. The highest BCUT2D eigenvalue weighted by Gasteiger charge is 2.16. The molecule has 1 aliphatic rings. The Morgan fingerprint density at radius 2 is 2.25 bits per heavy atom. The van der Waals surface area contributed by atoms with Crippen LogP contribution in [0.5, 0.6) is 0 Å². The van der Waals surface area contributed by atoms with Crippen LogP contribution >= 0.6 is 0 Å². The van der Waals surface area contributed by atoms with Crippen LogP contribution in [0, 0.1) is 6.92 Å². The minimum Gasteiger partial charge on any atom is -0.309 e. The van der Waals surface area contributed by atoms with E-state index < -0.39 is 0 Å². The van der Waals surface area contributed by atoms with Crippen molar-refractivity contribution in [2.45, 2.75) is 20.0 Å². The molecule has 3 heterocycles. The summed E-state index contributed by atoms with van der Waals surface area (Å²) in [6.07, 6.45) is 3.69. The molecule has 0 saturated heterocycles. The third kappa shape index (κ3) is 1.49. The number of rotatable bonds is 1. The number of nitrogens with one attached hydrogen (secondary N) is 1. The maximum Gasteiger partial charge on any atom is 0.165 e. The molecule has 0 fully saturated rings. The molecule has 0 unspecified atom stereocenters. The quantitative estimate of drug-likeness (QED) is 0.762. The zero-order chi connectivity index (χ0) is 11.0. The molecule has 0 aromatic carbocycles. The Morgan fingerprint density at radius 1 is 1.31 bits per heavy atom. The van der Waals surface area contributed by atoms with E-state index in [9.17, 15) is 0 Å². The summed E-state index contributed by atoms with van der Waals surface area (Å²) in [7, 11) is 0. The second-order valence-corrected chi connectivity index (χ2v) is 4.02. The smallest absolute Gasteiger partial charge is 0.165 e. The van der Waals surface area contributed by atoms with Gasteiger partial charge in [-0.15, -0.1) is 10.2 Å². The molecule has 0 bridgehead atoms. The maximum absolute atomic E-state index is 4.24. The van der Waals surface area contributed by atoms with Gasteiger partial charge >= 0.3 is 0 Å². The number of aryl methyl sites for hydroxylation is 1. The minimum absolute atomic E-state index is 0.798. The number of pyridine rings is 1. The first kappa shape index (κ1) is 9.47. The van der Waals surface area contributed by atoms with Crippen LogP contribution < -0.4 is 5.32 Å². The molecular formula is C11H13N5. The van der Waals surface area contributed by atoms with E-state index in [1.54, 1.807) is 0 Å². The third-order valence-corrected chi connectivity index (χ3v) is 2.76. The summed E-state index contributed by atoms with van der Waals surface area (Å²) < 4.78 is 2.16. The van der Waals surface area contributed by atoms with Crippen LogP contribution in [0.3, 0.4) is 0 Å². The molecule has 16 heavy (non-hydrogen) atoms. The number of aromatic nitrogens is 4. The standard InChI is InChI=1S/C11H13N5/c1-8-4-9(6-13-5-8)11-15-14-10-7-12-2-3-16(10)11/h4-6,12H,2-3,7H2,1H3. The minimum atomic E-state index is 0.798. The van der Waals surface area contributed by atoms with Crippen molar-refractivity contribution in [1.82, 2.24) is 25.1 Å². The lowest BCUT2D eigenvalue weighted by Gasteiger charge is -2.15. The van der Waals surface area contributed by atoms with Gasteiger partial charge in [0.05, 0.1) is 6.54 Å². The molecule has 2 aromatic rings. The maximum atomic E-state index is 4.24. The molecule has 1 N–H and O–H groups in total. The molecule has 5 nitrogen and oxygen atoms in total. The van der Waals surface area contributed by atoms with Crippen LogP contribution in [0.4, 0.5) is 0 Å². The summed E-state index contributed by atoms with van der Waals surface area (Å²) >= 11 is 0. The summed E-state index contributed by atoms with van der Waals surface area (Å²) in [5, 5.41) is 11.7. The largest absolute Gasteiger partial charge is 0.309 e. The van der Waals surface area contributed by atoms with E-state index in [1.165, 1.54) is 0 Å². The predicted octanol–water partition coefficient (Wildman–Crippen LogP) is 0.752. The topological polar surface area (TPSA) is 55.6 Å². The number of hydrogen-bond donors (Lipinski definition) is 1. The Balaban J connectivity index is 2.09. The van der Waals surface area contributed by atoms with Crippen molar-refractivity contribution in [1.29, 1.82) is 0 Å². The van der Waals surface area contributed by atoms with Gasteiger partial charge in [0, 0.05) is 31.0 Å². The number of fused-ring (bicyclic) bond motifs is 1. The van der Waals surface area contributed by atoms with Gasteiger partial charge in [0.2, 0.25) is 0 Å². The van der Waals surface area contributed by atoms with E-state index in [0.29, 0.717) is 0 Å². The van der Waals surface area contributed by atoms with E-state index in [0.717, 1.165) is 42.4 Å². The third-order valence-electron chi connectivity index (χ3n) is 2.76. The van der Waals surface area contributed by atoms with Gasteiger partial charge in [0.15, 0.2) is 5.82 Å². The number of hydrogen-bond acceptors (Lipinski definition) is 4. The average Bonchev–Trinajstić information content (AvgIpc) is 2.72. The molecule has 0 spiro atoms. The van der Waals surface area contributed by atoms with Crippen molar-refractivity contribution >= 4 is 0 Å². The molecule has 1 aliphatic heterocycles. The van der Waals surface area contributed by atoms with E-state index in [4.69, 9.17) is 0 Å². The zero-order valence-electron chi connectivity index (χ0n) is 9.14. The van der Waals surface area contributed by atoms with Crippen molar-refractivity contribution in [2.24, 2.45) is 0 Å². The van der Waals surface area contributed by atoms with Gasteiger partial charge < -0.3 is 9.88 Å². The highest BCUT2D eigenvalue weighted by atomic mass is 15.3. The van der Waals surface area contributed by atoms with Crippen molar-refractivity contribution < 1.29 is 0 Å². The molecule has 3 rings (SSSR count). The molecule has 0 saturated carbocycles. The van der Waals surface area contributed by atoms with Crippen LogP contribution in [0.25, 0.3) is 11.4 Å². The Kier molecular flexibility index (Phi) is 2.18. The van der Waals surface area contributed by atoms with Gasteiger partial charge in [-0.1, -0.05) is 0 Å². The van der Waals surface area contributed by atoms with Crippen molar-refractivity contribution in [2.75, 3.05) is 6.54 Å². The fourth-order valence-electron chi connectivity index (χ4n) is 1.98. The van der Waals surface area contributed by atoms with Crippen LogP contribution in [-0.2, 0) is 13.1 Å². The molecule has 0 atom stereocenters. The molecule has 0 radical (unpaired) electrons. The summed E-state index contributed by atoms with van der Waals surface area (Å²) in [6.45, 7) is 4.72. The summed E-state index contributed by atoms with van der Waals surface area (Å²) in [4.78, 5) is 4.19. The highest BCUT2D eigenvalue weighted by Crippen LogP contribution is 2.19. The van der Waals surface area contributed by atoms with E-state index >= 15 is 0 Å². The lowest BCUT2D eigenvalue weighted by Crippen LogP contribution is -2.28. The lowest BCUT2D eigenvalue weighted by atomic mass is 10.2. The van der Waals surface area contributed by atoms with Crippen molar-refractivity contribution in [3.05, 3.63) is 29.8 Å². The van der Waals surface area contributed by atoms with Gasteiger partial charge in [-0.05, 0) is 18.6 Å². The Morgan fingerprint density at radius 3 is 3.12 bits per heavy atom. The molecule has 5 heteroatoms. The first-order valence-corrected chi connectivity index (χ1v) is 5.39. The van der Waals surface area contributed by atoms with Gasteiger partial charge in [0.1, 0.15) is 5.82 Å². The van der Waals surface area contributed by atoms with E-state index in [2.05, 4.69) is 31.1 Å². The SMILES string of the molecule is Cc1cncc(-c2nnc3n2CCNC3)c1. The van der Waals surface area contributed by atoms with Crippen LogP contribution in [0.2, 0.25) is 0 Å². The summed E-state index contributed by atoms with van der Waals surface area (Å²) in [6, 6.07) is 2.09. The summed E-state index contributed by atoms with van der Waals surface area (Å²) in [5.41, 5.74) is 2.18. The second-order valence-electron chi connectivity index (χ2n) is 4.02. The Bertz CT molecular complexity index is 517. The van der Waals surface area contributed by atoms with E-state index in [-0.39, 0.29) is 0 Å². The van der Waals surface area contributed by atoms with Crippen LogP contribution in [-0.4, -0.2) is 26.3 Å². The van der Waals surface area contributed by atoms with Crippen LogP contribution in [0.1, 0.15) is 11.4 Å². The predicted molar refractivity (Wildman–Crippen MR) is 59.7 cm³/mol. The fourth-order valence-corrected chi connectivity index (χ4v) is 1.98. The summed E-state index contributed by atoms with van der Waals surface area (Å²) in [5.74, 6) is 1.93. The molecule has 2 aromatic heterocycles. The normalized spacial score (nSPS) is 14.8. The number of nitrogens with zero attached hydrogens (tertiary/aromatic N) is 4. The van der Waals surface area contributed by atoms with Gasteiger partial charge in [-0.3, -0.25) is 4.98 Å². The Hall–Kier alpha value is -1.75. The average molecular weight is 215 g/mol. The molecule has 82 valence electrons. The van der Waals surface area contributed by atoms with Gasteiger partial charge in [-0.25, -0.2) is 0 Å². The molecular weight excluding hydrogens is 202 g/mol.